The molecule has 1 N–H and O–H groups in total. The molecule has 1 fully saturated rings. The molecule has 102 valence electrons. The molecule has 1 heterocycles. The molecule has 0 bridgehead atoms. The molecule has 3 nitrogen and oxygen atoms in total. The van der Waals surface area contributed by atoms with Gasteiger partial charge in [0.25, 0.3) is 0 Å². The smallest absolute Gasteiger partial charge is 0.101 e. The molecule has 0 amide bonds. The molecule has 0 radical (unpaired) electrons. The van der Waals surface area contributed by atoms with Crippen LogP contribution in [0.5, 0.6) is 0 Å². The summed E-state index contributed by atoms with van der Waals surface area (Å²) in [6, 6.07) is 8.48. The van der Waals surface area contributed by atoms with Gasteiger partial charge in [0, 0.05) is 18.8 Å². The molecule has 0 spiro atoms. The highest BCUT2D eigenvalue weighted by Gasteiger charge is 2.24. The van der Waals surface area contributed by atoms with Crippen molar-refractivity contribution in [3.05, 3.63) is 29.8 Å². The standard InChI is InChI=1S/C13H19NO2.C2H6/c1-10-3-5-12(6-4-10)14-7-8-16-13(9-14)11(2)15;1-2/h3-6,11,13,15H,7-9H2,1-2H3;1-2H3. The van der Waals surface area contributed by atoms with Crippen molar-refractivity contribution in [3.8, 4) is 0 Å². The lowest BCUT2D eigenvalue weighted by Crippen LogP contribution is -2.47. The van der Waals surface area contributed by atoms with Gasteiger partial charge in [0.1, 0.15) is 6.10 Å². The maximum Gasteiger partial charge on any atom is 0.101 e. The molecule has 3 heteroatoms. The Bertz CT molecular complexity index is 335. The maximum absolute atomic E-state index is 9.53. The molecule has 1 aliphatic rings. The fourth-order valence-corrected chi connectivity index (χ4v) is 1.96. The molecular formula is C15H25NO2. The van der Waals surface area contributed by atoms with E-state index in [0.29, 0.717) is 6.61 Å². The van der Waals surface area contributed by atoms with Crippen LogP contribution in [0.15, 0.2) is 24.3 Å². The number of aryl methyl sites for hydroxylation is 1. The lowest BCUT2D eigenvalue weighted by Gasteiger charge is -2.35. The van der Waals surface area contributed by atoms with Gasteiger partial charge in [-0.1, -0.05) is 31.5 Å². The van der Waals surface area contributed by atoms with Gasteiger partial charge < -0.3 is 14.7 Å². The number of aliphatic hydroxyl groups excluding tert-OH is 1. The lowest BCUT2D eigenvalue weighted by molar-refractivity contribution is -0.0364. The highest BCUT2D eigenvalue weighted by molar-refractivity contribution is 5.47. The zero-order valence-electron chi connectivity index (χ0n) is 11.9. The second-order valence-electron chi connectivity index (χ2n) is 4.43. The van der Waals surface area contributed by atoms with E-state index in [0.717, 1.165) is 13.1 Å². The number of rotatable bonds is 2. The van der Waals surface area contributed by atoms with Crippen molar-refractivity contribution >= 4 is 5.69 Å². The van der Waals surface area contributed by atoms with Crippen molar-refractivity contribution in [1.29, 1.82) is 0 Å². The third-order valence-corrected chi connectivity index (χ3v) is 3.03. The van der Waals surface area contributed by atoms with Crippen LogP contribution in [0.2, 0.25) is 0 Å². The van der Waals surface area contributed by atoms with E-state index in [-0.39, 0.29) is 6.10 Å². The van der Waals surface area contributed by atoms with Crippen molar-refractivity contribution in [2.75, 3.05) is 24.6 Å². The van der Waals surface area contributed by atoms with Gasteiger partial charge in [-0.05, 0) is 26.0 Å². The summed E-state index contributed by atoms with van der Waals surface area (Å²) in [5, 5.41) is 9.53. The van der Waals surface area contributed by atoms with Crippen LogP contribution < -0.4 is 4.90 Å². The third kappa shape index (κ3) is 4.00. The van der Waals surface area contributed by atoms with Gasteiger partial charge in [0.2, 0.25) is 0 Å². The van der Waals surface area contributed by atoms with Crippen LogP contribution >= 0.6 is 0 Å². The molecule has 0 saturated carbocycles. The Hall–Kier alpha value is -1.06. The minimum absolute atomic E-state index is 0.0740. The van der Waals surface area contributed by atoms with Crippen LogP contribution in [0.1, 0.15) is 26.3 Å². The van der Waals surface area contributed by atoms with E-state index in [2.05, 4.69) is 36.1 Å². The molecule has 2 rings (SSSR count). The summed E-state index contributed by atoms with van der Waals surface area (Å²) in [7, 11) is 0. The highest BCUT2D eigenvalue weighted by Crippen LogP contribution is 2.19. The second kappa shape index (κ2) is 7.39. The van der Waals surface area contributed by atoms with Crippen molar-refractivity contribution in [3.63, 3.8) is 0 Å². The van der Waals surface area contributed by atoms with E-state index in [1.165, 1.54) is 11.3 Å². The summed E-state index contributed by atoms with van der Waals surface area (Å²) < 4.78 is 5.52. The minimum atomic E-state index is -0.409. The SMILES string of the molecule is CC.Cc1ccc(N2CCOC(C(C)O)C2)cc1. The Morgan fingerprint density at radius 3 is 2.44 bits per heavy atom. The number of benzene rings is 1. The first-order valence-electron chi connectivity index (χ1n) is 6.78. The van der Waals surface area contributed by atoms with Crippen molar-refractivity contribution in [2.24, 2.45) is 0 Å². The van der Waals surface area contributed by atoms with E-state index in [1.54, 1.807) is 6.92 Å². The van der Waals surface area contributed by atoms with Crippen LogP contribution in [-0.2, 0) is 4.74 Å². The Labute approximate surface area is 110 Å². The second-order valence-corrected chi connectivity index (χ2v) is 4.43. The topological polar surface area (TPSA) is 32.7 Å². The van der Waals surface area contributed by atoms with Crippen LogP contribution in [-0.4, -0.2) is 37.0 Å². The monoisotopic (exact) mass is 251 g/mol. The molecular weight excluding hydrogens is 226 g/mol. The Kier molecular flexibility index (Phi) is 6.16. The van der Waals surface area contributed by atoms with Crippen molar-refractivity contribution in [1.82, 2.24) is 0 Å². The summed E-state index contributed by atoms with van der Waals surface area (Å²) in [6.07, 6.45) is -0.483. The fourth-order valence-electron chi connectivity index (χ4n) is 1.96. The quantitative estimate of drug-likeness (QED) is 0.877. The normalized spacial score (nSPS) is 20.9. The minimum Gasteiger partial charge on any atom is -0.391 e. The Morgan fingerprint density at radius 1 is 1.28 bits per heavy atom. The van der Waals surface area contributed by atoms with Gasteiger partial charge in [-0.3, -0.25) is 0 Å². The predicted octanol–water partition coefficient (Wildman–Crippen LogP) is 2.61. The van der Waals surface area contributed by atoms with Crippen LogP contribution in [0.3, 0.4) is 0 Å². The summed E-state index contributed by atoms with van der Waals surface area (Å²) in [5.41, 5.74) is 2.48. The zero-order chi connectivity index (χ0) is 13.5. The molecule has 2 unspecified atom stereocenters. The van der Waals surface area contributed by atoms with E-state index in [1.807, 2.05) is 13.8 Å². The van der Waals surface area contributed by atoms with Gasteiger partial charge in [-0.2, -0.15) is 0 Å². The molecule has 18 heavy (non-hydrogen) atoms. The number of aliphatic hydroxyl groups is 1. The molecule has 0 aliphatic carbocycles. The third-order valence-electron chi connectivity index (χ3n) is 3.03. The summed E-state index contributed by atoms with van der Waals surface area (Å²) in [5.74, 6) is 0. The first-order valence-corrected chi connectivity index (χ1v) is 6.78. The zero-order valence-corrected chi connectivity index (χ0v) is 11.9. The van der Waals surface area contributed by atoms with Crippen molar-refractivity contribution < 1.29 is 9.84 Å². The van der Waals surface area contributed by atoms with Gasteiger partial charge in [0.05, 0.1) is 12.7 Å². The van der Waals surface area contributed by atoms with Gasteiger partial charge in [-0.15, -0.1) is 0 Å². The molecule has 1 aliphatic heterocycles. The number of morpholine rings is 1. The summed E-state index contributed by atoms with van der Waals surface area (Å²) in [4.78, 5) is 2.26. The van der Waals surface area contributed by atoms with E-state index >= 15 is 0 Å². The first-order chi connectivity index (χ1) is 8.66. The predicted molar refractivity (Wildman–Crippen MR) is 76.2 cm³/mol. The number of hydrogen-bond acceptors (Lipinski definition) is 3. The van der Waals surface area contributed by atoms with Crippen LogP contribution in [0, 0.1) is 6.92 Å². The largest absolute Gasteiger partial charge is 0.391 e. The Morgan fingerprint density at radius 2 is 1.89 bits per heavy atom. The first kappa shape index (κ1) is 15.0. The molecule has 2 atom stereocenters. The average Bonchev–Trinajstić information content (AvgIpc) is 2.42. The van der Waals surface area contributed by atoms with Gasteiger partial charge in [0.15, 0.2) is 0 Å². The molecule has 1 aromatic carbocycles. The maximum atomic E-state index is 9.53. The number of nitrogens with zero attached hydrogens (tertiary/aromatic N) is 1. The Balaban J connectivity index is 0.000000771. The number of anilines is 1. The summed E-state index contributed by atoms with van der Waals surface area (Å²) >= 11 is 0. The van der Waals surface area contributed by atoms with Crippen LogP contribution in [0.25, 0.3) is 0 Å². The lowest BCUT2D eigenvalue weighted by atomic mass is 10.1. The fraction of sp³-hybridized carbons (Fsp3) is 0.600. The average molecular weight is 251 g/mol. The van der Waals surface area contributed by atoms with Gasteiger partial charge >= 0.3 is 0 Å². The highest BCUT2D eigenvalue weighted by atomic mass is 16.5. The van der Waals surface area contributed by atoms with Crippen molar-refractivity contribution in [2.45, 2.75) is 39.9 Å². The number of ether oxygens (including phenoxy) is 1. The molecule has 1 saturated heterocycles. The van der Waals surface area contributed by atoms with Gasteiger partial charge in [-0.25, -0.2) is 0 Å². The summed E-state index contributed by atoms with van der Waals surface area (Å²) in [6.45, 7) is 10.2. The van der Waals surface area contributed by atoms with E-state index < -0.39 is 6.10 Å². The van der Waals surface area contributed by atoms with E-state index in [4.69, 9.17) is 4.74 Å². The number of hydrogen-bond donors (Lipinski definition) is 1. The van der Waals surface area contributed by atoms with Crippen LogP contribution in [0.4, 0.5) is 5.69 Å². The molecule has 0 aromatic heterocycles. The molecule has 1 aromatic rings. The van der Waals surface area contributed by atoms with E-state index in [9.17, 15) is 5.11 Å².